The molecule has 2 aromatic rings. The van der Waals surface area contributed by atoms with Crippen molar-refractivity contribution in [1.82, 2.24) is 10.9 Å². The molecule has 0 aliphatic carbocycles. The van der Waals surface area contributed by atoms with Crippen LogP contribution in [0.25, 0.3) is 0 Å². The van der Waals surface area contributed by atoms with Crippen LogP contribution in [0.4, 0.5) is 5.69 Å². The molecule has 2 amide bonds. The number of carbonyl (C=O) groups is 2. The highest BCUT2D eigenvalue weighted by atomic mass is 35.5. The molecule has 23 heavy (non-hydrogen) atoms. The lowest BCUT2D eigenvalue weighted by Gasteiger charge is -2.09. The monoisotopic (exact) mass is 328 g/mol. The minimum Gasteiger partial charge on any atom is -0.376 e. The van der Waals surface area contributed by atoms with E-state index in [0.29, 0.717) is 21.8 Å². The summed E-state index contributed by atoms with van der Waals surface area (Å²) >= 11 is 5.73. The van der Waals surface area contributed by atoms with Crippen LogP contribution in [0.15, 0.2) is 48.5 Å². The van der Waals surface area contributed by atoms with Crippen molar-refractivity contribution in [2.45, 2.75) is 0 Å². The van der Waals surface area contributed by atoms with Gasteiger partial charge < -0.3 is 5.32 Å². The van der Waals surface area contributed by atoms with Gasteiger partial charge in [0.2, 0.25) is 0 Å². The molecule has 0 fully saturated rings. The Morgan fingerprint density at radius 2 is 1.65 bits per heavy atom. The Morgan fingerprint density at radius 3 is 2.26 bits per heavy atom. The van der Waals surface area contributed by atoms with E-state index in [0.717, 1.165) is 0 Å². The van der Waals surface area contributed by atoms with Crippen molar-refractivity contribution in [3.63, 3.8) is 0 Å². The van der Waals surface area contributed by atoms with Crippen LogP contribution in [0.1, 0.15) is 15.9 Å². The number of nitrogens with zero attached hydrogens (tertiary/aromatic N) is 1. The summed E-state index contributed by atoms with van der Waals surface area (Å²) in [5.41, 5.74) is 6.23. The fourth-order valence-corrected chi connectivity index (χ4v) is 1.82. The van der Waals surface area contributed by atoms with Gasteiger partial charge in [-0.05, 0) is 48.5 Å². The van der Waals surface area contributed by atoms with Gasteiger partial charge in [-0.2, -0.15) is 5.26 Å². The normalized spacial score (nSPS) is 9.57. The fraction of sp³-hybridized carbons (Fsp3) is 0.0625. The third-order valence-corrected chi connectivity index (χ3v) is 3.14. The van der Waals surface area contributed by atoms with Crippen molar-refractivity contribution in [3.05, 3.63) is 64.7 Å². The molecule has 2 aromatic carbocycles. The van der Waals surface area contributed by atoms with E-state index in [2.05, 4.69) is 16.2 Å². The van der Waals surface area contributed by atoms with Crippen LogP contribution < -0.4 is 16.2 Å². The maximum absolute atomic E-state index is 11.8. The zero-order chi connectivity index (χ0) is 16.7. The third kappa shape index (κ3) is 5.02. The fourth-order valence-electron chi connectivity index (χ4n) is 1.69. The van der Waals surface area contributed by atoms with E-state index in [-0.39, 0.29) is 6.54 Å². The smallest absolute Gasteiger partial charge is 0.269 e. The first kappa shape index (κ1) is 16.3. The predicted octanol–water partition coefficient (Wildman–Crippen LogP) is 2.08. The van der Waals surface area contributed by atoms with Gasteiger partial charge in [-0.3, -0.25) is 20.4 Å². The van der Waals surface area contributed by atoms with E-state index >= 15 is 0 Å². The molecule has 2 rings (SSSR count). The summed E-state index contributed by atoms with van der Waals surface area (Å²) in [7, 11) is 0. The average Bonchev–Trinajstić information content (AvgIpc) is 2.59. The number of rotatable bonds is 4. The molecule has 3 N–H and O–H groups in total. The highest BCUT2D eigenvalue weighted by Crippen LogP contribution is 2.09. The number of nitriles is 1. The van der Waals surface area contributed by atoms with Crippen LogP contribution in [0, 0.1) is 11.3 Å². The molecule has 0 heterocycles. The maximum Gasteiger partial charge on any atom is 0.269 e. The second-order valence-electron chi connectivity index (χ2n) is 4.55. The van der Waals surface area contributed by atoms with Crippen LogP contribution in [-0.4, -0.2) is 18.4 Å². The number of benzene rings is 2. The van der Waals surface area contributed by atoms with Crippen molar-refractivity contribution >= 4 is 29.1 Å². The number of carbonyl (C=O) groups excluding carboxylic acids is 2. The first-order valence-corrected chi connectivity index (χ1v) is 7.05. The van der Waals surface area contributed by atoms with Gasteiger partial charge >= 0.3 is 0 Å². The van der Waals surface area contributed by atoms with E-state index in [1.54, 1.807) is 48.5 Å². The maximum atomic E-state index is 11.8. The summed E-state index contributed by atoms with van der Waals surface area (Å²) in [6.07, 6.45) is 0. The Kier molecular flexibility index (Phi) is 5.56. The van der Waals surface area contributed by atoms with Crippen LogP contribution >= 0.6 is 11.6 Å². The molecule has 0 spiro atoms. The molecular weight excluding hydrogens is 316 g/mol. The number of hydrogen-bond donors (Lipinski definition) is 3. The number of amides is 2. The lowest BCUT2D eigenvalue weighted by molar-refractivity contribution is -0.120. The van der Waals surface area contributed by atoms with Gasteiger partial charge in [0.1, 0.15) is 0 Å². The molecule has 0 unspecified atom stereocenters. The van der Waals surface area contributed by atoms with Crippen LogP contribution in [0.3, 0.4) is 0 Å². The average molecular weight is 329 g/mol. The topological polar surface area (TPSA) is 94.0 Å². The number of nitrogens with one attached hydrogen (secondary N) is 3. The number of hydrazine groups is 1. The predicted molar refractivity (Wildman–Crippen MR) is 86.7 cm³/mol. The molecule has 0 atom stereocenters. The zero-order valence-electron chi connectivity index (χ0n) is 12.0. The Morgan fingerprint density at radius 1 is 1.00 bits per heavy atom. The van der Waals surface area contributed by atoms with Crippen LogP contribution in [0.5, 0.6) is 0 Å². The highest BCUT2D eigenvalue weighted by molar-refractivity contribution is 6.30. The molecule has 116 valence electrons. The van der Waals surface area contributed by atoms with Gasteiger partial charge in [0.05, 0.1) is 18.2 Å². The molecule has 0 radical (unpaired) electrons. The summed E-state index contributed by atoms with van der Waals surface area (Å²) in [6, 6.07) is 15.0. The summed E-state index contributed by atoms with van der Waals surface area (Å²) < 4.78 is 0. The van der Waals surface area contributed by atoms with E-state index in [4.69, 9.17) is 16.9 Å². The summed E-state index contributed by atoms with van der Waals surface area (Å²) in [5, 5.41) is 12.1. The molecule has 0 aliphatic heterocycles. The van der Waals surface area contributed by atoms with Gasteiger partial charge in [0.25, 0.3) is 11.8 Å². The van der Waals surface area contributed by atoms with E-state index in [1.807, 2.05) is 6.07 Å². The van der Waals surface area contributed by atoms with Gasteiger partial charge in [0, 0.05) is 16.3 Å². The lowest BCUT2D eigenvalue weighted by atomic mass is 10.2. The molecule has 6 nitrogen and oxygen atoms in total. The Balaban J connectivity index is 1.77. The Bertz CT molecular complexity index is 736. The third-order valence-electron chi connectivity index (χ3n) is 2.89. The Hall–Kier alpha value is -3.04. The summed E-state index contributed by atoms with van der Waals surface area (Å²) in [6.45, 7) is -0.0210. The minimum absolute atomic E-state index is 0.0210. The zero-order valence-corrected chi connectivity index (χ0v) is 12.7. The summed E-state index contributed by atoms with van der Waals surface area (Å²) in [5.74, 6) is -0.843. The second kappa shape index (κ2) is 7.82. The number of anilines is 1. The molecule has 0 aliphatic rings. The van der Waals surface area contributed by atoms with Gasteiger partial charge in [-0.15, -0.1) is 0 Å². The lowest BCUT2D eigenvalue weighted by Crippen LogP contribution is -2.44. The molecule has 0 saturated heterocycles. The highest BCUT2D eigenvalue weighted by Gasteiger charge is 2.07. The number of halogens is 1. The first-order chi connectivity index (χ1) is 11.1. The molecule has 7 heteroatoms. The van der Waals surface area contributed by atoms with Crippen molar-refractivity contribution in [3.8, 4) is 6.07 Å². The first-order valence-electron chi connectivity index (χ1n) is 6.67. The molecule has 0 saturated carbocycles. The molecule has 0 aromatic heterocycles. The van der Waals surface area contributed by atoms with Crippen molar-refractivity contribution in [2.24, 2.45) is 0 Å². The molecule has 0 bridgehead atoms. The van der Waals surface area contributed by atoms with Crippen molar-refractivity contribution in [1.29, 1.82) is 5.26 Å². The minimum atomic E-state index is -0.437. The van der Waals surface area contributed by atoms with Gasteiger partial charge in [-0.1, -0.05) is 11.6 Å². The second-order valence-corrected chi connectivity index (χ2v) is 4.99. The van der Waals surface area contributed by atoms with Crippen LogP contribution in [-0.2, 0) is 4.79 Å². The number of hydrogen-bond acceptors (Lipinski definition) is 4. The van der Waals surface area contributed by atoms with Gasteiger partial charge in [0.15, 0.2) is 0 Å². The summed E-state index contributed by atoms with van der Waals surface area (Å²) in [4.78, 5) is 23.5. The standard InChI is InChI=1S/C16H13ClN4O2/c17-13-5-3-12(4-6-13)16(23)21-20-15(22)10-19-14-7-1-11(9-18)2-8-14/h1-8,19H,10H2,(H,20,22)(H,21,23). The van der Waals surface area contributed by atoms with E-state index in [9.17, 15) is 9.59 Å². The van der Waals surface area contributed by atoms with Crippen molar-refractivity contribution < 1.29 is 9.59 Å². The van der Waals surface area contributed by atoms with E-state index < -0.39 is 11.8 Å². The quantitative estimate of drug-likeness (QED) is 0.749. The van der Waals surface area contributed by atoms with Gasteiger partial charge in [-0.25, -0.2) is 0 Å². The van der Waals surface area contributed by atoms with Crippen LogP contribution in [0.2, 0.25) is 5.02 Å². The SMILES string of the molecule is N#Cc1ccc(NCC(=O)NNC(=O)c2ccc(Cl)cc2)cc1. The van der Waals surface area contributed by atoms with Crippen molar-refractivity contribution in [2.75, 3.05) is 11.9 Å². The molecular formula is C16H13ClN4O2. The Labute approximate surface area is 138 Å². The largest absolute Gasteiger partial charge is 0.376 e. The van der Waals surface area contributed by atoms with E-state index in [1.165, 1.54) is 0 Å².